The van der Waals surface area contributed by atoms with Crippen molar-refractivity contribution in [3.05, 3.63) is 28.8 Å². The van der Waals surface area contributed by atoms with E-state index in [1.165, 1.54) is 20.1 Å². The van der Waals surface area contributed by atoms with Crippen molar-refractivity contribution in [2.75, 3.05) is 7.11 Å². The van der Waals surface area contributed by atoms with Crippen LogP contribution in [0.25, 0.3) is 0 Å². The number of rotatable bonds is 3. The van der Waals surface area contributed by atoms with Crippen LogP contribution in [0.5, 0.6) is 5.75 Å². The topological polar surface area (TPSA) is 63.6 Å². The molecule has 1 rings (SSSR count). The number of ketones is 1. The number of carbonyl (C=O) groups excluding carboxylic acids is 1. The molecule has 1 N–H and O–H groups in total. The van der Waals surface area contributed by atoms with Crippen LogP contribution in [0.1, 0.15) is 33.2 Å². The Labute approximate surface area is 87.5 Å². The number of carboxylic acids is 1. The molecule has 4 nitrogen and oxygen atoms in total. The summed E-state index contributed by atoms with van der Waals surface area (Å²) >= 11 is 0. The minimum atomic E-state index is -1.10. The number of aryl methyl sites for hydroxylation is 1. The number of carboxylic acid groups (broad SMARTS) is 1. The summed E-state index contributed by atoms with van der Waals surface area (Å²) in [6.07, 6.45) is 0. The molecule has 4 heteroatoms. The largest absolute Gasteiger partial charge is 0.496 e. The van der Waals surface area contributed by atoms with E-state index in [-0.39, 0.29) is 11.3 Å². The molecule has 0 aromatic heterocycles. The Bertz CT molecular complexity index is 421. The van der Waals surface area contributed by atoms with Gasteiger partial charge < -0.3 is 9.84 Å². The molecule has 0 amide bonds. The second kappa shape index (κ2) is 4.13. The fraction of sp³-hybridized carbons (Fsp3) is 0.273. The summed E-state index contributed by atoms with van der Waals surface area (Å²) in [7, 11) is 1.40. The third-order valence-electron chi connectivity index (χ3n) is 2.12. The van der Waals surface area contributed by atoms with Gasteiger partial charge in [0.15, 0.2) is 5.78 Å². The normalized spacial score (nSPS) is 9.80. The Hall–Kier alpha value is -1.84. The predicted octanol–water partition coefficient (Wildman–Crippen LogP) is 1.90. The van der Waals surface area contributed by atoms with Crippen LogP contribution in [0, 0.1) is 6.92 Å². The van der Waals surface area contributed by atoms with Crippen LogP contribution in [-0.2, 0) is 0 Å². The van der Waals surface area contributed by atoms with E-state index >= 15 is 0 Å². The molecule has 0 unspecified atom stereocenters. The molecule has 0 heterocycles. The van der Waals surface area contributed by atoms with Crippen molar-refractivity contribution in [2.45, 2.75) is 13.8 Å². The first-order valence-corrected chi connectivity index (χ1v) is 4.40. The number of methoxy groups -OCH3 is 1. The molecule has 15 heavy (non-hydrogen) atoms. The van der Waals surface area contributed by atoms with Gasteiger partial charge in [0, 0.05) is 5.56 Å². The highest BCUT2D eigenvalue weighted by molar-refractivity contribution is 5.99. The third kappa shape index (κ3) is 2.15. The van der Waals surface area contributed by atoms with E-state index in [9.17, 15) is 9.59 Å². The van der Waals surface area contributed by atoms with Gasteiger partial charge in [-0.3, -0.25) is 4.79 Å². The van der Waals surface area contributed by atoms with Gasteiger partial charge in [-0.2, -0.15) is 0 Å². The van der Waals surface area contributed by atoms with Gasteiger partial charge in [-0.15, -0.1) is 0 Å². The van der Waals surface area contributed by atoms with Gasteiger partial charge in [-0.05, 0) is 31.5 Å². The van der Waals surface area contributed by atoms with Gasteiger partial charge in [-0.25, -0.2) is 4.79 Å². The lowest BCUT2D eigenvalue weighted by Crippen LogP contribution is -2.05. The molecule has 0 spiro atoms. The predicted molar refractivity (Wildman–Crippen MR) is 54.7 cm³/mol. The highest BCUT2D eigenvalue weighted by Gasteiger charge is 2.16. The molecule has 0 bridgehead atoms. The van der Waals surface area contributed by atoms with E-state index in [0.717, 1.165) is 0 Å². The Morgan fingerprint density at radius 3 is 2.33 bits per heavy atom. The van der Waals surface area contributed by atoms with Gasteiger partial charge in [-0.1, -0.05) is 0 Å². The van der Waals surface area contributed by atoms with E-state index in [0.29, 0.717) is 16.9 Å². The number of hydrogen-bond acceptors (Lipinski definition) is 3. The summed E-state index contributed by atoms with van der Waals surface area (Å²) in [6.45, 7) is 3.10. The first-order chi connectivity index (χ1) is 6.97. The summed E-state index contributed by atoms with van der Waals surface area (Å²) in [5.74, 6) is -0.964. The van der Waals surface area contributed by atoms with Crippen molar-refractivity contribution in [1.29, 1.82) is 0 Å². The van der Waals surface area contributed by atoms with Gasteiger partial charge in [0.2, 0.25) is 0 Å². The average molecular weight is 208 g/mol. The van der Waals surface area contributed by atoms with Gasteiger partial charge in [0.25, 0.3) is 0 Å². The Balaban J connectivity index is 3.45. The first-order valence-electron chi connectivity index (χ1n) is 4.40. The molecule has 0 saturated heterocycles. The zero-order valence-corrected chi connectivity index (χ0v) is 8.83. The standard InChI is InChI=1S/C11H12O4/c1-6-4-8(7(2)12)5-9(11(13)14)10(6)15-3/h4-5H,1-3H3,(H,13,14). The van der Waals surface area contributed by atoms with Crippen molar-refractivity contribution in [3.8, 4) is 5.75 Å². The highest BCUT2D eigenvalue weighted by Crippen LogP contribution is 2.25. The number of ether oxygens (including phenoxy) is 1. The fourth-order valence-electron chi connectivity index (χ4n) is 1.41. The molecule has 0 atom stereocenters. The van der Waals surface area contributed by atoms with Gasteiger partial charge >= 0.3 is 5.97 Å². The molecule has 0 fully saturated rings. The average Bonchev–Trinajstić information content (AvgIpc) is 2.16. The van der Waals surface area contributed by atoms with Crippen molar-refractivity contribution in [2.24, 2.45) is 0 Å². The van der Waals surface area contributed by atoms with Crippen LogP contribution in [0.3, 0.4) is 0 Å². The quantitative estimate of drug-likeness (QED) is 0.770. The number of benzene rings is 1. The molecule has 0 aliphatic carbocycles. The minimum Gasteiger partial charge on any atom is -0.496 e. The molecule has 0 radical (unpaired) electrons. The molecule has 0 aliphatic heterocycles. The van der Waals surface area contributed by atoms with Crippen molar-refractivity contribution in [3.63, 3.8) is 0 Å². The van der Waals surface area contributed by atoms with Gasteiger partial charge in [0.05, 0.1) is 7.11 Å². The minimum absolute atomic E-state index is 0.0164. The van der Waals surface area contributed by atoms with Crippen LogP contribution >= 0.6 is 0 Å². The summed E-state index contributed by atoms with van der Waals surface area (Å²) in [5, 5.41) is 8.94. The van der Waals surface area contributed by atoms with Crippen LogP contribution in [0.2, 0.25) is 0 Å². The Morgan fingerprint density at radius 2 is 1.93 bits per heavy atom. The number of hydrogen-bond donors (Lipinski definition) is 1. The van der Waals surface area contributed by atoms with Crippen molar-refractivity contribution < 1.29 is 19.4 Å². The second-order valence-electron chi connectivity index (χ2n) is 3.24. The molecular weight excluding hydrogens is 196 g/mol. The maximum atomic E-state index is 11.1. The molecule has 80 valence electrons. The molecular formula is C11H12O4. The zero-order valence-electron chi connectivity index (χ0n) is 8.83. The van der Waals surface area contributed by atoms with Crippen molar-refractivity contribution >= 4 is 11.8 Å². The van der Waals surface area contributed by atoms with Crippen LogP contribution in [0.15, 0.2) is 12.1 Å². The van der Waals surface area contributed by atoms with Gasteiger partial charge in [0.1, 0.15) is 11.3 Å². The Morgan fingerprint density at radius 1 is 1.33 bits per heavy atom. The second-order valence-corrected chi connectivity index (χ2v) is 3.24. The number of carbonyl (C=O) groups is 2. The Kier molecular flexibility index (Phi) is 3.09. The first kappa shape index (κ1) is 11.2. The van der Waals surface area contributed by atoms with E-state index in [2.05, 4.69) is 0 Å². The molecule has 0 aliphatic rings. The summed E-state index contributed by atoms with van der Waals surface area (Å²) in [4.78, 5) is 22.1. The van der Waals surface area contributed by atoms with E-state index in [1.807, 2.05) is 0 Å². The zero-order chi connectivity index (χ0) is 11.6. The van der Waals surface area contributed by atoms with E-state index in [4.69, 9.17) is 9.84 Å². The summed E-state index contributed by atoms with van der Waals surface area (Å²) < 4.78 is 4.98. The molecule has 1 aromatic rings. The number of Topliss-reactive ketones (excluding diaryl/α,β-unsaturated/α-hetero) is 1. The number of aromatic carboxylic acids is 1. The summed E-state index contributed by atoms with van der Waals surface area (Å²) in [6, 6.07) is 2.95. The lowest BCUT2D eigenvalue weighted by atomic mass is 10.0. The molecule has 1 aromatic carbocycles. The maximum absolute atomic E-state index is 11.1. The summed E-state index contributed by atoms with van der Waals surface area (Å²) in [5.41, 5.74) is 1.04. The lowest BCUT2D eigenvalue weighted by Gasteiger charge is -2.09. The van der Waals surface area contributed by atoms with Crippen LogP contribution < -0.4 is 4.74 Å². The fourth-order valence-corrected chi connectivity index (χ4v) is 1.41. The highest BCUT2D eigenvalue weighted by atomic mass is 16.5. The lowest BCUT2D eigenvalue weighted by molar-refractivity contribution is 0.0693. The smallest absolute Gasteiger partial charge is 0.339 e. The maximum Gasteiger partial charge on any atom is 0.339 e. The monoisotopic (exact) mass is 208 g/mol. The third-order valence-corrected chi connectivity index (χ3v) is 2.12. The molecule has 0 saturated carbocycles. The van der Waals surface area contributed by atoms with Crippen LogP contribution in [-0.4, -0.2) is 24.0 Å². The van der Waals surface area contributed by atoms with Crippen LogP contribution in [0.4, 0.5) is 0 Å². The SMILES string of the molecule is COc1c(C)cc(C(C)=O)cc1C(=O)O. The van der Waals surface area contributed by atoms with Crippen molar-refractivity contribution in [1.82, 2.24) is 0 Å². The van der Waals surface area contributed by atoms with E-state index < -0.39 is 5.97 Å². The van der Waals surface area contributed by atoms with E-state index in [1.54, 1.807) is 13.0 Å².